The highest BCUT2D eigenvalue weighted by molar-refractivity contribution is 5.36. The van der Waals surface area contributed by atoms with Gasteiger partial charge in [0, 0.05) is 5.56 Å². The van der Waals surface area contributed by atoms with Gasteiger partial charge in [0.25, 0.3) is 0 Å². The molecule has 4 heteroatoms. The van der Waals surface area contributed by atoms with Gasteiger partial charge in [0.05, 0.1) is 13.2 Å². The van der Waals surface area contributed by atoms with Gasteiger partial charge in [0.2, 0.25) is 0 Å². The van der Waals surface area contributed by atoms with Crippen molar-refractivity contribution in [2.24, 2.45) is 5.73 Å². The average Bonchev–Trinajstić information content (AvgIpc) is 2.48. The van der Waals surface area contributed by atoms with Crippen molar-refractivity contribution in [2.75, 3.05) is 13.7 Å². The molecule has 0 amide bonds. The number of methoxy groups -OCH3 is 1. The first-order valence-electron chi connectivity index (χ1n) is 6.39. The Balaban J connectivity index is 2.04. The lowest BCUT2D eigenvalue weighted by Gasteiger charge is -2.16. The number of halogens is 1. The Labute approximate surface area is 118 Å². The van der Waals surface area contributed by atoms with E-state index in [2.05, 4.69) is 0 Å². The number of rotatable bonds is 5. The van der Waals surface area contributed by atoms with E-state index in [9.17, 15) is 4.39 Å². The van der Waals surface area contributed by atoms with Crippen molar-refractivity contribution in [3.8, 4) is 11.5 Å². The van der Waals surface area contributed by atoms with Gasteiger partial charge in [-0.3, -0.25) is 0 Å². The maximum absolute atomic E-state index is 13.2. The van der Waals surface area contributed by atoms with Crippen LogP contribution >= 0.6 is 0 Å². The highest BCUT2D eigenvalue weighted by Crippen LogP contribution is 2.24. The molecule has 0 saturated heterocycles. The predicted molar refractivity (Wildman–Crippen MR) is 76.6 cm³/mol. The van der Waals surface area contributed by atoms with Crippen LogP contribution in [0.1, 0.15) is 17.2 Å². The molecule has 1 atom stereocenters. The van der Waals surface area contributed by atoms with Crippen LogP contribution in [0.15, 0.2) is 42.5 Å². The summed E-state index contributed by atoms with van der Waals surface area (Å²) in [6.07, 6.45) is 0. The van der Waals surface area contributed by atoms with Gasteiger partial charge in [-0.15, -0.1) is 0 Å². The lowest BCUT2D eigenvalue weighted by atomic mass is 10.1. The van der Waals surface area contributed by atoms with Crippen molar-refractivity contribution in [1.82, 2.24) is 0 Å². The van der Waals surface area contributed by atoms with Crippen LogP contribution in [0.4, 0.5) is 4.39 Å². The summed E-state index contributed by atoms with van der Waals surface area (Å²) in [7, 11) is 1.61. The molecule has 0 saturated carbocycles. The van der Waals surface area contributed by atoms with Gasteiger partial charge in [-0.2, -0.15) is 0 Å². The van der Waals surface area contributed by atoms with Crippen molar-refractivity contribution in [1.29, 1.82) is 0 Å². The third-order valence-corrected chi connectivity index (χ3v) is 3.10. The molecule has 0 aliphatic carbocycles. The molecule has 2 aromatic rings. The summed E-state index contributed by atoms with van der Waals surface area (Å²) >= 11 is 0. The zero-order valence-electron chi connectivity index (χ0n) is 11.6. The van der Waals surface area contributed by atoms with E-state index < -0.39 is 0 Å². The minimum Gasteiger partial charge on any atom is -0.496 e. The van der Waals surface area contributed by atoms with Crippen LogP contribution in [-0.2, 0) is 0 Å². The lowest BCUT2D eigenvalue weighted by Crippen LogP contribution is -2.19. The highest BCUT2D eigenvalue weighted by Gasteiger charge is 2.12. The summed E-state index contributed by atoms with van der Waals surface area (Å²) in [5.41, 5.74) is 7.54. The standard InChI is InChI=1S/C16H18FNO2/c1-11-9-12(7-8-14(11)17)20-10-15(18)13-5-3-4-6-16(13)19-2/h3-9,15H,10,18H2,1-2H3. The zero-order valence-corrected chi connectivity index (χ0v) is 11.6. The Morgan fingerprint density at radius 1 is 1.20 bits per heavy atom. The largest absolute Gasteiger partial charge is 0.496 e. The quantitative estimate of drug-likeness (QED) is 0.911. The molecule has 0 aliphatic heterocycles. The first kappa shape index (κ1) is 14.3. The van der Waals surface area contributed by atoms with E-state index in [1.54, 1.807) is 26.2 Å². The van der Waals surface area contributed by atoms with Crippen molar-refractivity contribution < 1.29 is 13.9 Å². The van der Waals surface area contributed by atoms with Gasteiger partial charge >= 0.3 is 0 Å². The number of para-hydroxylation sites is 1. The van der Waals surface area contributed by atoms with Crippen LogP contribution in [-0.4, -0.2) is 13.7 Å². The second-order valence-electron chi connectivity index (χ2n) is 4.57. The molecule has 0 aliphatic rings. The second kappa shape index (κ2) is 6.39. The second-order valence-corrected chi connectivity index (χ2v) is 4.57. The monoisotopic (exact) mass is 275 g/mol. The molecule has 106 valence electrons. The predicted octanol–water partition coefficient (Wildman–Crippen LogP) is 3.22. The molecule has 2 aromatic carbocycles. The zero-order chi connectivity index (χ0) is 14.5. The van der Waals surface area contributed by atoms with Crippen molar-refractivity contribution >= 4 is 0 Å². The molecular weight excluding hydrogens is 257 g/mol. The van der Waals surface area contributed by atoms with Crippen LogP contribution in [0.25, 0.3) is 0 Å². The van der Waals surface area contributed by atoms with E-state index in [0.29, 0.717) is 17.9 Å². The minimum absolute atomic E-state index is 0.244. The molecule has 0 radical (unpaired) electrons. The van der Waals surface area contributed by atoms with Gasteiger partial charge in [0.15, 0.2) is 0 Å². The Bertz CT molecular complexity index is 586. The number of nitrogens with two attached hydrogens (primary N) is 1. The summed E-state index contributed by atoms with van der Waals surface area (Å²) in [6.45, 7) is 1.99. The van der Waals surface area contributed by atoms with Gasteiger partial charge in [-0.05, 0) is 36.8 Å². The van der Waals surface area contributed by atoms with E-state index in [1.807, 2.05) is 24.3 Å². The molecular formula is C16H18FNO2. The molecule has 0 fully saturated rings. The summed E-state index contributed by atoms with van der Waals surface area (Å²) < 4.78 is 24.0. The van der Waals surface area contributed by atoms with E-state index in [0.717, 1.165) is 11.3 Å². The molecule has 0 bridgehead atoms. The number of hydrogen-bond acceptors (Lipinski definition) is 3. The Kier molecular flexibility index (Phi) is 4.58. The summed E-state index contributed by atoms with van der Waals surface area (Å²) in [4.78, 5) is 0. The first-order chi connectivity index (χ1) is 9.61. The van der Waals surface area contributed by atoms with Crippen LogP contribution in [0.2, 0.25) is 0 Å². The third-order valence-electron chi connectivity index (χ3n) is 3.10. The molecule has 1 unspecified atom stereocenters. The SMILES string of the molecule is COc1ccccc1C(N)COc1ccc(F)c(C)c1. The number of aryl methyl sites for hydroxylation is 1. The Morgan fingerprint density at radius 2 is 1.95 bits per heavy atom. The average molecular weight is 275 g/mol. The molecule has 2 rings (SSSR count). The number of hydrogen-bond donors (Lipinski definition) is 1. The Morgan fingerprint density at radius 3 is 2.65 bits per heavy atom. The van der Waals surface area contributed by atoms with Crippen molar-refractivity contribution in [2.45, 2.75) is 13.0 Å². The molecule has 3 nitrogen and oxygen atoms in total. The van der Waals surface area contributed by atoms with Crippen LogP contribution < -0.4 is 15.2 Å². The van der Waals surface area contributed by atoms with Crippen molar-refractivity contribution in [3.63, 3.8) is 0 Å². The maximum atomic E-state index is 13.2. The molecule has 0 aromatic heterocycles. The minimum atomic E-state index is -0.309. The van der Waals surface area contributed by atoms with Gasteiger partial charge < -0.3 is 15.2 Å². The molecule has 0 spiro atoms. The van der Waals surface area contributed by atoms with E-state index in [4.69, 9.17) is 15.2 Å². The summed E-state index contributed by atoms with van der Waals surface area (Å²) in [5.74, 6) is 1.10. The summed E-state index contributed by atoms with van der Waals surface area (Å²) in [5, 5.41) is 0. The molecule has 0 heterocycles. The van der Waals surface area contributed by atoms with Crippen molar-refractivity contribution in [3.05, 3.63) is 59.4 Å². The van der Waals surface area contributed by atoms with Crippen LogP contribution in [0.5, 0.6) is 11.5 Å². The number of benzene rings is 2. The first-order valence-corrected chi connectivity index (χ1v) is 6.39. The fourth-order valence-corrected chi connectivity index (χ4v) is 1.96. The van der Waals surface area contributed by atoms with Crippen LogP contribution in [0.3, 0.4) is 0 Å². The molecule has 20 heavy (non-hydrogen) atoms. The normalized spacial score (nSPS) is 12.0. The van der Waals surface area contributed by atoms with E-state index in [1.165, 1.54) is 6.07 Å². The highest BCUT2D eigenvalue weighted by atomic mass is 19.1. The van der Waals surface area contributed by atoms with Gasteiger partial charge in [-0.25, -0.2) is 4.39 Å². The van der Waals surface area contributed by atoms with E-state index >= 15 is 0 Å². The van der Waals surface area contributed by atoms with Crippen LogP contribution in [0, 0.1) is 12.7 Å². The van der Waals surface area contributed by atoms with Gasteiger partial charge in [-0.1, -0.05) is 18.2 Å². The Hall–Kier alpha value is -2.07. The fraction of sp³-hybridized carbons (Fsp3) is 0.250. The molecule has 2 N–H and O–H groups in total. The maximum Gasteiger partial charge on any atom is 0.126 e. The topological polar surface area (TPSA) is 44.5 Å². The van der Waals surface area contributed by atoms with E-state index in [-0.39, 0.29) is 11.9 Å². The lowest BCUT2D eigenvalue weighted by molar-refractivity contribution is 0.286. The fourth-order valence-electron chi connectivity index (χ4n) is 1.96. The third kappa shape index (κ3) is 3.27. The number of ether oxygens (including phenoxy) is 2. The smallest absolute Gasteiger partial charge is 0.126 e. The summed E-state index contributed by atoms with van der Waals surface area (Å²) in [6, 6.07) is 11.9. The van der Waals surface area contributed by atoms with Gasteiger partial charge in [0.1, 0.15) is 23.9 Å².